The molecule has 0 radical (unpaired) electrons. The van der Waals surface area contributed by atoms with E-state index in [4.69, 9.17) is 6.42 Å². The summed E-state index contributed by atoms with van der Waals surface area (Å²) in [7, 11) is 4.31. The Hall–Kier alpha value is -1.99. The van der Waals surface area contributed by atoms with Crippen LogP contribution >= 0.6 is 0 Å². The number of nitrogens with zero attached hydrogens (tertiary/aromatic N) is 2. The van der Waals surface area contributed by atoms with Crippen molar-refractivity contribution in [2.45, 2.75) is 36.8 Å². The number of hydrogen-bond donors (Lipinski definition) is 1. The van der Waals surface area contributed by atoms with E-state index in [0.29, 0.717) is 6.54 Å². The predicted octanol–water partition coefficient (Wildman–Crippen LogP) is 2.41. The van der Waals surface area contributed by atoms with Crippen molar-refractivity contribution in [3.05, 3.63) is 35.9 Å². The van der Waals surface area contributed by atoms with Crippen molar-refractivity contribution in [3.8, 4) is 12.3 Å². The molecule has 122 valence electrons. The van der Waals surface area contributed by atoms with Crippen molar-refractivity contribution >= 4 is 6.03 Å². The summed E-state index contributed by atoms with van der Waals surface area (Å²) >= 11 is 0. The number of amides is 2. The molecule has 1 saturated carbocycles. The Morgan fingerprint density at radius 1 is 1.22 bits per heavy atom. The third-order valence-electron chi connectivity index (χ3n) is 5.64. The number of urea groups is 1. The van der Waals surface area contributed by atoms with Gasteiger partial charge in [-0.05, 0) is 45.3 Å². The molecule has 4 nitrogen and oxygen atoms in total. The zero-order valence-corrected chi connectivity index (χ0v) is 14.0. The second-order valence-corrected chi connectivity index (χ2v) is 7.06. The molecule has 1 spiro atoms. The summed E-state index contributed by atoms with van der Waals surface area (Å²) in [6.07, 6.45) is 9.40. The summed E-state index contributed by atoms with van der Waals surface area (Å²) in [6, 6.07) is 10.7. The molecule has 1 N–H and O–H groups in total. The summed E-state index contributed by atoms with van der Waals surface area (Å²) in [5.74, 6) is 2.58. The molecule has 3 rings (SSSR count). The molecule has 4 heteroatoms. The number of nitrogens with one attached hydrogen (secondary N) is 1. The minimum absolute atomic E-state index is 0.0139. The van der Waals surface area contributed by atoms with E-state index in [1.165, 1.54) is 5.56 Å². The summed E-state index contributed by atoms with van der Waals surface area (Å²) < 4.78 is 0. The first-order valence-electron chi connectivity index (χ1n) is 8.25. The highest BCUT2D eigenvalue weighted by Crippen LogP contribution is 2.45. The number of carbonyl (C=O) groups is 1. The van der Waals surface area contributed by atoms with E-state index in [-0.39, 0.29) is 17.1 Å². The van der Waals surface area contributed by atoms with Crippen molar-refractivity contribution in [2.24, 2.45) is 0 Å². The maximum Gasteiger partial charge on any atom is 0.318 e. The lowest BCUT2D eigenvalue weighted by Crippen LogP contribution is -2.54. The van der Waals surface area contributed by atoms with Crippen molar-refractivity contribution in [1.29, 1.82) is 0 Å². The fraction of sp³-hybridized carbons (Fsp3) is 0.526. The van der Waals surface area contributed by atoms with Gasteiger partial charge < -0.3 is 10.2 Å². The molecule has 1 aliphatic heterocycles. The number of benzene rings is 1. The van der Waals surface area contributed by atoms with Crippen LogP contribution in [0, 0.1) is 12.3 Å². The molecule has 0 aromatic heterocycles. The van der Waals surface area contributed by atoms with Gasteiger partial charge in [0.15, 0.2) is 0 Å². The van der Waals surface area contributed by atoms with Gasteiger partial charge in [0.25, 0.3) is 0 Å². The van der Waals surface area contributed by atoms with E-state index in [1.807, 2.05) is 0 Å². The summed E-state index contributed by atoms with van der Waals surface area (Å²) in [5, 5.41) is 3.21. The highest BCUT2D eigenvalue weighted by molar-refractivity contribution is 5.78. The van der Waals surface area contributed by atoms with Crippen LogP contribution in [0.15, 0.2) is 30.3 Å². The fourth-order valence-electron chi connectivity index (χ4n) is 4.19. The van der Waals surface area contributed by atoms with E-state index < -0.39 is 0 Å². The number of hydrogen-bond acceptors (Lipinski definition) is 2. The molecule has 1 aliphatic carbocycles. The minimum atomic E-state index is -0.109. The van der Waals surface area contributed by atoms with Crippen LogP contribution in [0.5, 0.6) is 0 Å². The molecular weight excluding hydrogens is 286 g/mol. The number of rotatable bonds is 3. The maximum absolute atomic E-state index is 12.1. The standard InChI is InChI=1S/C19H25N3O/c1-4-14-22-15-18(20-17(22)23)10-12-19(13-11-18,21(2)3)16-8-6-5-7-9-16/h1,5-9H,10-15H2,2-3H3,(H,20,23)/t18-,19-. The molecule has 2 aliphatic rings. The molecule has 1 heterocycles. The van der Waals surface area contributed by atoms with Crippen LogP contribution in [0.4, 0.5) is 4.79 Å². The second kappa shape index (κ2) is 5.90. The quantitative estimate of drug-likeness (QED) is 0.870. The molecule has 0 atom stereocenters. The van der Waals surface area contributed by atoms with Crippen molar-refractivity contribution in [2.75, 3.05) is 27.2 Å². The van der Waals surface area contributed by atoms with Gasteiger partial charge in [0, 0.05) is 12.1 Å². The van der Waals surface area contributed by atoms with E-state index in [0.717, 1.165) is 32.2 Å². The predicted molar refractivity (Wildman–Crippen MR) is 91.9 cm³/mol. The zero-order valence-electron chi connectivity index (χ0n) is 14.0. The van der Waals surface area contributed by atoms with Crippen LogP contribution in [0.25, 0.3) is 0 Å². The molecule has 2 amide bonds. The lowest BCUT2D eigenvalue weighted by molar-refractivity contribution is 0.0624. The molecule has 2 fully saturated rings. The topological polar surface area (TPSA) is 35.6 Å². The largest absolute Gasteiger partial charge is 0.331 e. The van der Waals surface area contributed by atoms with Crippen LogP contribution in [-0.4, -0.2) is 48.6 Å². The highest BCUT2D eigenvalue weighted by atomic mass is 16.2. The average Bonchev–Trinajstić information content (AvgIpc) is 2.85. The Labute approximate surface area is 138 Å². The maximum atomic E-state index is 12.1. The van der Waals surface area contributed by atoms with Crippen molar-refractivity contribution in [1.82, 2.24) is 15.1 Å². The summed E-state index contributed by atoms with van der Waals surface area (Å²) in [5.41, 5.74) is 1.31. The summed E-state index contributed by atoms with van der Waals surface area (Å²) in [4.78, 5) is 16.2. The first-order valence-corrected chi connectivity index (χ1v) is 8.25. The number of terminal acetylenes is 1. The molecule has 1 aromatic carbocycles. The Morgan fingerprint density at radius 2 is 1.87 bits per heavy atom. The Kier molecular flexibility index (Phi) is 4.08. The Balaban J connectivity index is 1.79. The van der Waals surface area contributed by atoms with Gasteiger partial charge in [0.1, 0.15) is 0 Å². The van der Waals surface area contributed by atoms with Crippen molar-refractivity contribution < 1.29 is 4.79 Å². The van der Waals surface area contributed by atoms with Crippen LogP contribution in [0.1, 0.15) is 31.2 Å². The lowest BCUT2D eigenvalue weighted by Gasteiger charge is -2.48. The van der Waals surface area contributed by atoms with E-state index in [9.17, 15) is 4.79 Å². The van der Waals surface area contributed by atoms with Crippen molar-refractivity contribution in [3.63, 3.8) is 0 Å². The van der Waals surface area contributed by atoms with E-state index >= 15 is 0 Å². The summed E-state index contributed by atoms with van der Waals surface area (Å²) in [6.45, 7) is 1.12. The smallest absolute Gasteiger partial charge is 0.318 e. The fourth-order valence-corrected chi connectivity index (χ4v) is 4.19. The van der Waals surface area contributed by atoms with E-state index in [2.05, 4.69) is 60.6 Å². The lowest BCUT2D eigenvalue weighted by atomic mass is 9.69. The minimum Gasteiger partial charge on any atom is -0.331 e. The molecule has 0 bridgehead atoms. The molecule has 1 aromatic rings. The van der Waals surface area contributed by atoms with Gasteiger partial charge >= 0.3 is 6.03 Å². The van der Waals surface area contributed by atoms with Crippen LogP contribution in [0.3, 0.4) is 0 Å². The highest BCUT2D eigenvalue weighted by Gasteiger charge is 2.49. The SMILES string of the molecule is C#CCN1C[C@]2(CC[C@@](c3ccccc3)(N(C)C)CC2)NC1=O. The Morgan fingerprint density at radius 3 is 2.43 bits per heavy atom. The van der Waals surface area contributed by atoms with Gasteiger partial charge in [-0.25, -0.2) is 4.79 Å². The third kappa shape index (κ3) is 2.70. The first kappa shape index (κ1) is 15.9. The van der Waals surface area contributed by atoms with Gasteiger partial charge in [0.05, 0.1) is 12.1 Å². The average molecular weight is 311 g/mol. The molecule has 23 heavy (non-hydrogen) atoms. The van der Waals surface area contributed by atoms with Crippen LogP contribution in [-0.2, 0) is 5.54 Å². The molecule has 1 saturated heterocycles. The monoisotopic (exact) mass is 311 g/mol. The zero-order chi connectivity index (χ0) is 16.5. The van der Waals surface area contributed by atoms with Gasteiger partial charge in [-0.2, -0.15) is 0 Å². The number of carbonyl (C=O) groups excluding carboxylic acids is 1. The normalized spacial score (nSPS) is 30.5. The van der Waals surface area contributed by atoms with Gasteiger partial charge in [-0.15, -0.1) is 6.42 Å². The first-order chi connectivity index (χ1) is 11.0. The van der Waals surface area contributed by atoms with Gasteiger partial charge in [-0.1, -0.05) is 36.3 Å². The second-order valence-electron chi connectivity index (χ2n) is 7.06. The van der Waals surface area contributed by atoms with Crippen LogP contribution in [0.2, 0.25) is 0 Å². The van der Waals surface area contributed by atoms with Gasteiger partial charge in [0.2, 0.25) is 0 Å². The third-order valence-corrected chi connectivity index (χ3v) is 5.64. The van der Waals surface area contributed by atoms with E-state index in [1.54, 1.807) is 4.90 Å². The molecule has 0 unspecified atom stereocenters. The molecular formula is C19H25N3O. The van der Waals surface area contributed by atoms with Crippen LogP contribution < -0.4 is 5.32 Å². The van der Waals surface area contributed by atoms with Gasteiger partial charge in [-0.3, -0.25) is 4.90 Å². The Bertz CT molecular complexity index is 609.